The first-order chi connectivity index (χ1) is 9.13. The van der Waals surface area contributed by atoms with Crippen molar-refractivity contribution in [1.82, 2.24) is 9.78 Å². The molecule has 0 saturated heterocycles. The molecule has 1 aromatic carbocycles. The zero-order chi connectivity index (χ0) is 13.8. The van der Waals surface area contributed by atoms with Gasteiger partial charge in [0, 0.05) is 0 Å². The van der Waals surface area contributed by atoms with E-state index in [-0.39, 0.29) is 5.69 Å². The minimum atomic E-state index is -0.416. The molecule has 1 aromatic heterocycles. The predicted molar refractivity (Wildman–Crippen MR) is 68.5 cm³/mol. The van der Waals surface area contributed by atoms with Crippen molar-refractivity contribution >= 4 is 5.69 Å². The third-order valence-electron chi connectivity index (χ3n) is 2.78. The summed E-state index contributed by atoms with van der Waals surface area (Å²) in [5, 5.41) is 23.8. The Morgan fingerprint density at radius 2 is 2.11 bits per heavy atom. The standard InChI is InChI=1S/C13H12N4O2/c1-2-12-13(17(18)19)9-16(15-12)8-11-5-3-10(7-14)4-6-11/h3-6,9H,2,8H2,1H3. The molecule has 0 fully saturated rings. The molecular weight excluding hydrogens is 244 g/mol. The highest BCUT2D eigenvalue weighted by molar-refractivity contribution is 5.34. The van der Waals surface area contributed by atoms with Crippen LogP contribution in [0.15, 0.2) is 30.5 Å². The van der Waals surface area contributed by atoms with E-state index in [1.165, 1.54) is 6.20 Å². The van der Waals surface area contributed by atoms with Gasteiger partial charge in [0.25, 0.3) is 0 Å². The normalized spacial score (nSPS) is 10.1. The van der Waals surface area contributed by atoms with Gasteiger partial charge < -0.3 is 0 Å². The second-order valence-corrected chi connectivity index (χ2v) is 4.08. The van der Waals surface area contributed by atoms with Crippen LogP contribution in [-0.2, 0) is 13.0 Å². The van der Waals surface area contributed by atoms with Crippen molar-refractivity contribution in [3.05, 3.63) is 57.4 Å². The summed E-state index contributed by atoms with van der Waals surface area (Å²) in [5.41, 5.74) is 2.07. The number of hydrogen-bond acceptors (Lipinski definition) is 4. The van der Waals surface area contributed by atoms with Crippen molar-refractivity contribution in [3.63, 3.8) is 0 Å². The Morgan fingerprint density at radius 3 is 2.58 bits per heavy atom. The second kappa shape index (κ2) is 5.31. The average molecular weight is 256 g/mol. The molecule has 6 nitrogen and oxygen atoms in total. The molecule has 0 N–H and O–H groups in total. The summed E-state index contributed by atoms with van der Waals surface area (Å²) in [6.45, 7) is 2.29. The smallest absolute Gasteiger partial charge is 0.261 e. The van der Waals surface area contributed by atoms with E-state index in [9.17, 15) is 10.1 Å². The molecule has 0 amide bonds. The van der Waals surface area contributed by atoms with Gasteiger partial charge in [0.05, 0.1) is 23.1 Å². The molecule has 6 heteroatoms. The summed E-state index contributed by atoms with van der Waals surface area (Å²) >= 11 is 0. The Bertz CT molecular complexity index is 638. The molecule has 0 radical (unpaired) electrons. The fourth-order valence-corrected chi connectivity index (χ4v) is 1.81. The first kappa shape index (κ1) is 12.8. The molecule has 2 rings (SSSR count). The predicted octanol–water partition coefficient (Wildman–Crippen LogP) is 2.27. The zero-order valence-corrected chi connectivity index (χ0v) is 10.4. The largest absolute Gasteiger partial charge is 0.310 e. The van der Waals surface area contributed by atoms with Gasteiger partial charge in [0.2, 0.25) is 0 Å². The Morgan fingerprint density at radius 1 is 1.42 bits per heavy atom. The van der Waals surface area contributed by atoms with Crippen molar-refractivity contribution in [2.75, 3.05) is 0 Å². The van der Waals surface area contributed by atoms with Gasteiger partial charge in [-0.3, -0.25) is 14.8 Å². The first-order valence-corrected chi connectivity index (χ1v) is 5.83. The summed E-state index contributed by atoms with van der Waals surface area (Å²) in [5.74, 6) is 0. The van der Waals surface area contributed by atoms with Crippen LogP contribution >= 0.6 is 0 Å². The fourth-order valence-electron chi connectivity index (χ4n) is 1.81. The lowest BCUT2D eigenvalue weighted by Gasteiger charge is -2.01. The van der Waals surface area contributed by atoms with Crippen molar-refractivity contribution in [3.8, 4) is 6.07 Å². The van der Waals surface area contributed by atoms with Gasteiger partial charge in [-0.15, -0.1) is 0 Å². The van der Waals surface area contributed by atoms with Crippen LogP contribution in [0.25, 0.3) is 0 Å². The van der Waals surface area contributed by atoms with E-state index in [1.54, 1.807) is 16.8 Å². The van der Waals surface area contributed by atoms with E-state index >= 15 is 0 Å². The molecule has 96 valence electrons. The summed E-state index contributed by atoms with van der Waals surface area (Å²) in [7, 11) is 0. The van der Waals surface area contributed by atoms with E-state index < -0.39 is 4.92 Å². The molecule has 2 aromatic rings. The van der Waals surface area contributed by atoms with E-state index in [0.717, 1.165) is 5.56 Å². The topological polar surface area (TPSA) is 84.8 Å². The van der Waals surface area contributed by atoms with Crippen LogP contribution in [0.5, 0.6) is 0 Å². The summed E-state index contributed by atoms with van der Waals surface area (Å²) in [6.07, 6.45) is 1.97. The molecule has 0 bridgehead atoms. The number of rotatable bonds is 4. The third kappa shape index (κ3) is 2.77. The number of aromatic nitrogens is 2. The summed E-state index contributed by atoms with van der Waals surface area (Å²) in [6, 6.07) is 9.11. The lowest BCUT2D eigenvalue weighted by Crippen LogP contribution is -2.00. The van der Waals surface area contributed by atoms with Gasteiger partial charge >= 0.3 is 5.69 Å². The van der Waals surface area contributed by atoms with Gasteiger partial charge in [0.1, 0.15) is 11.9 Å². The maximum atomic E-state index is 10.8. The number of nitriles is 1. The Hall–Kier alpha value is -2.68. The van der Waals surface area contributed by atoms with Gasteiger partial charge in [-0.25, -0.2) is 0 Å². The molecule has 1 heterocycles. The minimum absolute atomic E-state index is 0.0520. The highest BCUT2D eigenvalue weighted by Gasteiger charge is 2.17. The fraction of sp³-hybridized carbons (Fsp3) is 0.231. The van der Waals surface area contributed by atoms with E-state index in [2.05, 4.69) is 5.10 Å². The highest BCUT2D eigenvalue weighted by Crippen LogP contribution is 2.18. The van der Waals surface area contributed by atoms with E-state index in [4.69, 9.17) is 5.26 Å². The number of nitrogens with zero attached hydrogens (tertiary/aromatic N) is 4. The number of benzene rings is 1. The zero-order valence-electron chi connectivity index (χ0n) is 10.4. The molecule has 0 aliphatic heterocycles. The van der Waals surface area contributed by atoms with Gasteiger partial charge in [-0.05, 0) is 24.1 Å². The maximum Gasteiger partial charge on any atom is 0.310 e. The SMILES string of the molecule is CCc1nn(Cc2ccc(C#N)cc2)cc1[N+](=O)[O-]. The van der Waals surface area contributed by atoms with Crippen LogP contribution < -0.4 is 0 Å². The Balaban J connectivity index is 2.23. The summed E-state index contributed by atoms with van der Waals surface area (Å²) in [4.78, 5) is 10.4. The van der Waals surface area contributed by atoms with E-state index in [1.807, 2.05) is 25.1 Å². The van der Waals surface area contributed by atoms with Gasteiger partial charge in [0.15, 0.2) is 0 Å². The molecule has 19 heavy (non-hydrogen) atoms. The van der Waals surface area contributed by atoms with E-state index in [0.29, 0.717) is 24.2 Å². The van der Waals surface area contributed by atoms with Crippen molar-refractivity contribution in [1.29, 1.82) is 5.26 Å². The third-order valence-corrected chi connectivity index (χ3v) is 2.78. The van der Waals surface area contributed by atoms with Gasteiger partial charge in [-0.2, -0.15) is 10.4 Å². The lowest BCUT2D eigenvalue weighted by atomic mass is 10.1. The van der Waals surface area contributed by atoms with Crippen LogP contribution in [0, 0.1) is 21.4 Å². The average Bonchev–Trinajstić information content (AvgIpc) is 2.83. The van der Waals surface area contributed by atoms with Crippen molar-refractivity contribution in [2.45, 2.75) is 19.9 Å². The van der Waals surface area contributed by atoms with Crippen LogP contribution in [0.4, 0.5) is 5.69 Å². The van der Waals surface area contributed by atoms with Crippen LogP contribution in [0.2, 0.25) is 0 Å². The summed E-state index contributed by atoms with van der Waals surface area (Å²) < 4.78 is 1.55. The molecule has 0 saturated carbocycles. The Kier molecular flexibility index (Phi) is 3.57. The first-order valence-electron chi connectivity index (χ1n) is 5.83. The molecule has 0 spiro atoms. The lowest BCUT2D eigenvalue weighted by molar-refractivity contribution is -0.385. The number of aryl methyl sites for hydroxylation is 1. The van der Waals surface area contributed by atoms with Gasteiger partial charge in [-0.1, -0.05) is 19.1 Å². The minimum Gasteiger partial charge on any atom is -0.261 e. The van der Waals surface area contributed by atoms with Crippen LogP contribution in [0.1, 0.15) is 23.7 Å². The molecule has 0 atom stereocenters. The van der Waals surface area contributed by atoms with Crippen LogP contribution in [0.3, 0.4) is 0 Å². The quantitative estimate of drug-likeness (QED) is 0.620. The van der Waals surface area contributed by atoms with Crippen molar-refractivity contribution < 1.29 is 4.92 Å². The molecule has 0 aliphatic rings. The molecule has 0 unspecified atom stereocenters. The van der Waals surface area contributed by atoms with Crippen molar-refractivity contribution in [2.24, 2.45) is 0 Å². The molecule has 0 aliphatic carbocycles. The number of hydrogen-bond donors (Lipinski definition) is 0. The highest BCUT2D eigenvalue weighted by atomic mass is 16.6. The number of nitro groups is 1. The Labute approximate surface area is 110 Å². The molecular formula is C13H12N4O2. The second-order valence-electron chi connectivity index (χ2n) is 4.08. The van der Waals surface area contributed by atoms with Crippen LogP contribution in [-0.4, -0.2) is 14.7 Å². The monoisotopic (exact) mass is 256 g/mol. The maximum absolute atomic E-state index is 10.8.